The maximum absolute atomic E-state index is 13.8. The monoisotopic (exact) mass is 693 g/mol. The van der Waals surface area contributed by atoms with Gasteiger partial charge in [-0.3, -0.25) is 9.59 Å². The second-order valence-corrected chi connectivity index (χ2v) is 13.1. The second kappa shape index (κ2) is 13.5. The van der Waals surface area contributed by atoms with Crippen molar-refractivity contribution >= 4 is 50.7 Å². The number of carbonyl (C=O) groups is 2. The zero-order valence-corrected chi connectivity index (χ0v) is 27.7. The van der Waals surface area contributed by atoms with Gasteiger partial charge in [0.05, 0.1) is 21.1 Å². The summed E-state index contributed by atoms with van der Waals surface area (Å²) in [6, 6.07) is 19.7. The average Bonchev–Trinajstić information content (AvgIpc) is 3.01. The number of nitrogens with zero attached hydrogens (tertiary/aromatic N) is 1. The van der Waals surface area contributed by atoms with E-state index in [9.17, 15) is 9.59 Å². The predicted molar refractivity (Wildman–Crippen MR) is 177 cm³/mol. The summed E-state index contributed by atoms with van der Waals surface area (Å²) in [6.07, 6.45) is 5.10. The van der Waals surface area contributed by atoms with Gasteiger partial charge >= 0.3 is 0 Å². The Hall–Kier alpha value is -3.06. The number of ketones is 2. The maximum atomic E-state index is 13.8. The molecule has 0 N–H and O–H groups in total. The lowest BCUT2D eigenvalue weighted by Crippen LogP contribution is -2.40. The van der Waals surface area contributed by atoms with Crippen molar-refractivity contribution in [1.82, 2.24) is 4.90 Å². The molecule has 3 aromatic carbocycles. The van der Waals surface area contributed by atoms with Crippen LogP contribution in [0.4, 0.5) is 0 Å². The molecule has 44 heavy (non-hydrogen) atoms. The molecule has 0 bridgehead atoms. The van der Waals surface area contributed by atoms with Crippen LogP contribution in [-0.2, 0) is 22.6 Å². The molecular weight excluding hydrogens is 661 g/mol. The molecule has 0 radical (unpaired) electrons. The first-order valence-electron chi connectivity index (χ1n) is 15.2. The highest BCUT2D eigenvalue weighted by molar-refractivity contribution is 9.10. The first-order valence-corrected chi connectivity index (χ1v) is 16.8. The Labute approximate surface area is 277 Å². The summed E-state index contributed by atoms with van der Waals surface area (Å²) < 4.78 is 13.0. The molecule has 1 aliphatic heterocycles. The highest BCUT2D eigenvalue weighted by atomic mass is 79.9. The van der Waals surface area contributed by atoms with Crippen LogP contribution >= 0.6 is 39.1 Å². The van der Waals surface area contributed by atoms with Crippen LogP contribution in [0, 0.1) is 0 Å². The summed E-state index contributed by atoms with van der Waals surface area (Å²) in [5.41, 5.74) is 6.63. The third kappa shape index (κ3) is 6.22. The number of carbonyl (C=O) groups excluding carboxylic acids is 2. The van der Waals surface area contributed by atoms with E-state index in [1.807, 2.05) is 31.2 Å². The summed E-state index contributed by atoms with van der Waals surface area (Å²) in [5, 5.41) is 0.948. The number of allylic oxidation sites excluding steroid dienone is 4. The predicted octanol–water partition coefficient (Wildman–Crippen LogP) is 9.39. The standard InChI is InChI=1S/C36H34BrCl2NO4/c1-2-43-32-20-24(19-25(37)36(32)44-21-23-14-15-26(38)27(39)18-23)33-34-28(10-6-12-30(34)41)40(17-16-22-8-4-3-5-9-22)29-11-7-13-31(42)35(29)33/h3-5,8-9,14-15,18-20,33H,2,6-7,10-13,16-17,21H2,1H3. The van der Waals surface area contributed by atoms with Crippen molar-refractivity contribution in [3.63, 3.8) is 0 Å². The lowest BCUT2D eigenvalue weighted by atomic mass is 9.71. The van der Waals surface area contributed by atoms with Crippen molar-refractivity contribution in [3.05, 3.63) is 114 Å². The molecule has 0 spiro atoms. The van der Waals surface area contributed by atoms with Crippen LogP contribution in [0.3, 0.4) is 0 Å². The Morgan fingerprint density at radius 2 is 1.50 bits per heavy atom. The Morgan fingerprint density at radius 3 is 2.14 bits per heavy atom. The van der Waals surface area contributed by atoms with Crippen molar-refractivity contribution in [1.29, 1.82) is 0 Å². The Kier molecular flexibility index (Phi) is 9.51. The molecule has 2 aliphatic carbocycles. The van der Waals surface area contributed by atoms with Crippen LogP contribution in [0.15, 0.2) is 87.7 Å². The van der Waals surface area contributed by atoms with E-state index in [0.717, 1.165) is 72.3 Å². The molecule has 0 saturated heterocycles. The van der Waals surface area contributed by atoms with Gasteiger partial charge < -0.3 is 14.4 Å². The molecular formula is C36H34BrCl2NO4. The first kappa shape index (κ1) is 30.9. The summed E-state index contributed by atoms with van der Waals surface area (Å²) in [5.74, 6) is 0.919. The van der Waals surface area contributed by atoms with Crippen LogP contribution < -0.4 is 9.47 Å². The minimum absolute atomic E-state index is 0.125. The van der Waals surface area contributed by atoms with Gasteiger partial charge in [0, 0.05) is 47.8 Å². The molecule has 0 aromatic heterocycles. The highest BCUT2D eigenvalue weighted by Gasteiger charge is 2.43. The van der Waals surface area contributed by atoms with Crippen molar-refractivity contribution in [2.45, 2.75) is 64.4 Å². The molecule has 8 heteroatoms. The Balaban J connectivity index is 1.41. The average molecular weight is 695 g/mol. The van der Waals surface area contributed by atoms with Gasteiger partial charge in [0.25, 0.3) is 0 Å². The first-order chi connectivity index (χ1) is 21.4. The van der Waals surface area contributed by atoms with Crippen LogP contribution in [0.25, 0.3) is 0 Å². The number of Topliss-reactive ketones (excluding diaryl/α,β-unsaturated/α-hetero) is 2. The van der Waals surface area contributed by atoms with Gasteiger partial charge in [-0.15, -0.1) is 0 Å². The van der Waals surface area contributed by atoms with Gasteiger partial charge in [-0.1, -0.05) is 59.6 Å². The van der Waals surface area contributed by atoms with Gasteiger partial charge in [-0.05, 0) is 95.9 Å². The lowest BCUT2D eigenvalue weighted by molar-refractivity contribution is -0.117. The Morgan fingerprint density at radius 1 is 0.818 bits per heavy atom. The highest BCUT2D eigenvalue weighted by Crippen LogP contribution is 2.51. The van der Waals surface area contributed by atoms with E-state index in [0.29, 0.717) is 45.5 Å². The van der Waals surface area contributed by atoms with Gasteiger partial charge in [-0.2, -0.15) is 0 Å². The largest absolute Gasteiger partial charge is 0.490 e. The number of benzene rings is 3. The van der Waals surface area contributed by atoms with E-state index in [4.69, 9.17) is 32.7 Å². The molecule has 0 fully saturated rings. The molecule has 0 unspecified atom stereocenters. The maximum Gasteiger partial charge on any atom is 0.175 e. The fraction of sp³-hybridized carbons (Fsp3) is 0.333. The fourth-order valence-electron chi connectivity index (χ4n) is 6.65. The zero-order chi connectivity index (χ0) is 30.8. The van der Waals surface area contributed by atoms with E-state index in [1.165, 1.54) is 5.56 Å². The molecule has 0 atom stereocenters. The van der Waals surface area contributed by atoms with Crippen LogP contribution in [0.5, 0.6) is 11.5 Å². The summed E-state index contributed by atoms with van der Waals surface area (Å²) in [6.45, 7) is 3.35. The molecule has 228 valence electrons. The van der Waals surface area contributed by atoms with Crippen molar-refractivity contribution in [2.75, 3.05) is 13.2 Å². The number of halogens is 3. The minimum Gasteiger partial charge on any atom is -0.490 e. The second-order valence-electron chi connectivity index (χ2n) is 11.4. The Bertz CT molecular complexity index is 1620. The molecule has 6 rings (SSSR count). The molecule has 5 nitrogen and oxygen atoms in total. The molecule has 0 amide bonds. The van der Waals surface area contributed by atoms with E-state index in [-0.39, 0.29) is 18.2 Å². The molecule has 3 aromatic rings. The van der Waals surface area contributed by atoms with E-state index >= 15 is 0 Å². The van der Waals surface area contributed by atoms with Crippen LogP contribution in [-0.4, -0.2) is 29.6 Å². The van der Waals surface area contributed by atoms with Gasteiger partial charge in [0.15, 0.2) is 23.1 Å². The molecule has 0 saturated carbocycles. The van der Waals surface area contributed by atoms with Crippen molar-refractivity contribution in [3.8, 4) is 11.5 Å². The van der Waals surface area contributed by atoms with Crippen LogP contribution in [0.2, 0.25) is 10.0 Å². The van der Waals surface area contributed by atoms with Crippen molar-refractivity contribution in [2.24, 2.45) is 0 Å². The quantitative estimate of drug-likeness (QED) is 0.223. The lowest BCUT2D eigenvalue weighted by Gasteiger charge is -2.44. The summed E-state index contributed by atoms with van der Waals surface area (Å²) in [4.78, 5) is 29.9. The number of rotatable bonds is 9. The van der Waals surface area contributed by atoms with Gasteiger partial charge in [-0.25, -0.2) is 0 Å². The summed E-state index contributed by atoms with van der Waals surface area (Å²) >= 11 is 16.1. The van der Waals surface area contributed by atoms with Crippen LogP contribution in [0.1, 0.15) is 68.1 Å². The topological polar surface area (TPSA) is 55.8 Å². The number of ether oxygens (including phenoxy) is 2. The van der Waals surface area contributed by atoms with Crippen molar-refractivity contribution < 1.29 is 19.1 Å². The van der Waals surface area contributed by atoms with Gasteiger partial charge in [0.1, 0.15) is 6.61 Å². The third-order valence-electron chi connectivity index (χ3n) is 8.59. The summed E-state index contributed by atoms with van der Waals surface area (Å²) in [7, 11) is 0. The van der Waals surface area contributed by atoms with Gasteiger partial charge in [0.2, 0.25) is 0 Å². The minimum atomic E-state index is -0.437. The molecule has 3 aliphatic rings. The fourth-order valence-corrected chi connectivity index (χ4v) is 7.54. The number of hydrogen-bond donors (Lipinski definition) is 0. The van der Waals surface area contributed by atoms with E-state index < -0.39 is 5.92 Å². The SMILES string of the molecule is CCOc1cc(C2C3=C(CCCC3=O)N(CCc3ccccc3)C3=C2C(=O)CCC3)cc(Br)c1OCc1ccc(Cl)c(Cl)c1. The third-order valence-corrected chi connectivity index (χ3v) is 9.91. The zero-order valence-electron chi connectivity index (χ0n) is 24.6. The van der Waals surface area contributed by atoms with E-state index in [1.54, 1.807) is 12.1 Å². The number of hydrogen-bond acceptors (Lipinski definition) is 5. The molecule has 1 heterocycles. The smallest absolute Gasteiger partial charge is 0.175 e. The van der Waals surface area contributed by atoms with E-state index in [2.05, 4.69) is 45.1 Å². The normalized spacial score (nSPS) is 17.1.